The van der Waals surface area contributed by atoms with Crippen molar-refractivity contribution in [2.24, 2.45) is 7.05 Å². The Bertz CT molecular complexity index is 837. The monoisotopic (exact) mass is 383 g/mol. The molecule has 25 heavy (non-hydrogen) atoms. The van der Waals surface area contributed by atoms with Crippen molar-refractivity contribution < 1.29 is 18.3 Å². The van der Waals surface area contributed by atoms with E-state index in [-0.39, 0.29) is 23.2 Å². The van der Waals surface area contributed by atoms with Crippen LogP contribution in [0.15, 0.2) is 34.7 Å². The molecule has 0 amide bonds. The number of hydrogen-bond acceptors (Lipinski definition) is 5. The fourth-order valence-electron chi connectivity index (χ4n) is 3.11. The Morgan fingerprint density at radius 3 is 2.68 bits per heavy atom. The number of nitrogens with one attached hydrogen (secondary N) is 1. The Morgan fingerprint density at radius 1 is 1.40 bits per heavy atom. The lowest BCUT2D eigenvalue weighted by Gasteiger charge is -2.26. The van der Waals surface area contributed by atoms with Gasteiger partial charge in [0.15, 0.2) is 0 Å². The predicted octanol–water partition coefficient (Wildman–Crippen LogP) is 1.90. The van der Waals surface area contributed by atoms with Gasteiger partial charge in [0.1, 0.15) is 10.6 Å². The van der Waals surface area contributed by atoms with Crippen molar-refractivity contribution in [2.75, 3.05) is 19.6 Å². The second-order valence-electron chi connectivity index (χ2n) is 6.10. The zero-order chi connectivity index (χ0) is 18.0. The van der Waals surface area contributed by atoms with Crippen LogP contribution in [0.1, 0.15) is 34.2 Å². The normalized spacial score (nSPS) is 17.0. The van der Waals surface area contributed by atoms with Crippen LogP contribution >= 0.6 is 11.3 Å². The van der Waals surface area contributed by atoms with E-state index >= 15 is 0 Å². The summed E-state index contributed by atoms with van der Waals surface area (Å²) in [5, 5.41) is 11.1. The number of aromatic nitrogens is 1. The highest BCUT2D eigenvalue weighted by molar-refractivity contribution is 7.89. The maximum Gasteiger partial charge on any atom is 0.352 e. The SMILES string of the molecule is Cn1cc(S(=O)(=O)NCC(c2cccs2)N2CCCC2)cc1C(=O)O. The topological polar surface area (TPSA) is 91.6 Å². The molecule has 0 aromatic carbocycles. The molecule has 1 saturated heterocycles. The average molecular weight is 383 g/mol. The van der Waals surface area contributed by atoms with Crippen molar-refractivity contribution in [1.29, 1.82) is 0 Å². The summed E-state index contributed by atoms with van der Waals surface area (Å²) in [4.78, 5) is 14.5. The fraction of sp³-hybridized carbons (Fsp3) is 0.438. The van der Waals surface area contributed by atoms with Gasteiger partial charge in [-0.05, 0) is 43.4 Å². The molecule has 1 aliphatic heterocycles. The summed E-state index contributed by atoms with van der Waals surface area (Å²) in [6.07, 6.45) is 3.56. The summed E-state index contributed by atoms with van der Waals surface area (Å²) in [7, 11) is -2.25. The van der Waals surface area contributed by atoms with Crippen LogP contribution in [0.2, 0.25) is 0 Å². The Balaban J connectivity index is 1.77. The van der Waals surface area contributed by atoms with Crippen LogP contribution in [0, 0.1) is 0 Å². The van der Waals surface area contributed by atoms with Gasteiger partial charge in [-0.1, -0.05) is 6.07 Å². The highest BCUT2D eigenvalue weighted by Crippen LogP contribution is 2.28. The fourth-order valence-corrected chi connectivity index (χ4v) is 5.08. The van der Waals surface area contributed by atoms with E-state index in [2.05, 4.69) is 9.62 Å². The predicted molar refractivity (Wildman–Crippen MR) is 95.4 cm³/mol. The van der Waals surface area contributed by atoms with Crippen LogP contribution in [-0.2, 0) is 17.1 Å². The van der Waals surface area contributed by atoms with Crippen LogP contribution in [0.5, 0.6) is 0 Å². The van der Waals surface area contributed by atoms with Gasteiger partial charge in [-0.15, -0.1) is 11.3 Å². The molecule has 2 N–H and O–H groups in total. The summed E-state index contributed by atoms with van der Waals surface area (Å²) < 4.78 is 29.1. The number of aryl methyl sites for hydroxylation is 1. The number of aromatic carboxylic acids is 1. The number of carboxylic acid groups (broad SMARTS) is 1. The lowest BCUT2D eigenvalue weighted by atomic mass is 10.2. The van der Waals surface area contributed by atoms with Crippen molar-refractivity contribution >= 4 is 27.3 Å². The van der Waals surface area contributed by atoms with Gasteiger partial charge in [0.05, 0.1) is 6.04 Å². The first kappa shape index (κ1) is 18.1. The third kappa shape index (κ3) is 3.95. The van der Waals surface area contributed by atoms with Gasteiger partial charge in [0.2, 0.25) is 10.0 Å². The maximum absolute atomic E-state index is 12.6. The molecule has 2 aromatic heterocycles. The van der Waals surface area contributed by atoms with E-state index in [0.717, 1.165) is 30.8 Å². The van der Waals surface area contributed by atoms with Gasteiger partial charge >= 0.3 is 5.97 Å². The van der Waals surface area contributed by atoms with E-state index in [1.807, 2.05) is 17.5 Å². The minimum absolute atomic E-state index is 0.0000635. The Hall–Kier alpha value is -1.68. The molecule has 1 unspecified atom stereocenters. The Kier molecular flexibility index (Phi) is 5.28. The summed E-state index contributed by atoms with van der Waals surface area (Å²) in [5.41, 5.74) is -0.0604. The molecule has 3 rings (SSSR count). The highest BCUT2D eigenvalue weighted by atomic mass is 32.2. The van der Waals surface area contributed by atoms with Gasteiger partial charge in [0.25, 0.3) is 0 Å². The quantitative estimate of drug-likeness (QED) is 0.762. The highest BCUT2D eigenvalue weighted by Gasteiger charge is 2.27. The van der Waals surface area contributed by atoms with E-state index in [9.17, 15) is 13.2 Å². The second-order valence-corrected chi connectivity index (χ2v) is 8.85. The summed E-state index contributed by atoms with van der Waals surface area (Å²) in [6.45, 7) is 2.18. The number of rotatable bonds is 7. The number of hydrogen-bond donors (Lipinski definition) is 2. The molecule has 1 atom stereocenters. The van der Waals surface area contributed by atoms with Crippen molar-refractivity contribution in [3.8, 4) is 0 Å². The van der Waals surface area contributed by atoms with Crippen LogP contribution in [0.25, 0.3) is 0 Å². The van der Waals surface area contributed by atoms with E-state index in [4.69, 9.17) is 5.11 Å². The average Bonchev–Trinajstić information content (AvgIpc) is 3.28. The maximum atomic E-state index is 12.6. The molecule has 0 bridgehead atoms. The Labute approximate surface area is 150 Å². The number of likely N-dealkylation sites (tertiary alicyclic amines) is 1. The first-order valence-electron chi connectivity index (χ1n) is 8.05. The third-order valence-corrected chi connectivity index (χ3v) is 6.79. The molecule has 1 fully saturated rings. The van der Waals surface area contributed by atoms with Crippen LogP contribution in [-0.4, -0.2) is 48.6 Å². The molecule has 0 spiro atoms. The minimum atomic E-state index is -3.77. The summed E-state index contributed by atoms with van der Waals surface area (Å²) in [6, 6.07) is 5.17. The number of thiophene rings is 1. The summed E-state index contributed by atoms with van der Waals surface area (Å²) >= 11 is 1.62. The van der Waals surface area contributed by atoms with Crippen LogP contribution < -0.4 is 4.72 Å². The molecule has 136 valence electrons. The van der Waals surface area contributed by atoms with Crippen LogP contribution in [0.4, 0.5) is 0 Å². The van der Waals surface area contributed by atoms with Crippen LogP contribution in [0.3, 0.4) is 0 Å². The molecular weight excluding hydrogens is 362 g/mol. The Morgan fingerprint density at radius 2 is 2.12 bits per heavy atom. The standard InChI is InChI=1S/C16H21N3O4S2/c1-18-11-12(9-13(18)16(20)21)25(22,23)17-10-14(15-5-4-8-24-15)19-6-2-3-7-19/h4-5,8-9,11,14,17H,2-3,6-7,10H2,1H3,(H,20,21). The smallest absolute Gasteiger partial charge is 0.352 e. The first-order chi connectivity index (χ1) is 11.9. The van der Waals surface area contributed by atoms with E-state index in [0.29, 0.717) is 0 Å². The number of carbonyl (C=O) groups is 1. The van der Waals surface area contributed by atoms with Gasteiger partial charge in [-0.25, -0.2) is 17.9 Å². The minimum Gasteiger partial charge on any atom is -0.477 e. The van der Waals surface area contributed by atoms with Crippen molar-refractivity contribution in [2.45, 2.75) is 23.8 Å². The summed E-state index contributed by atoms with van der Waals surface area (Å²) in [5.74, 6) is -1.16. The van der Waals surface area contributed by atoms with Gasteiger partial charge in [-0.3, -0.25) is 4.90 Å². The van der Waals surface area contributed by atoms with Crippen molar-refractivity contribution in [3.63, 3.8) is 0 Å². The molecule has 7 nitrogen and oxygen atoms in total. The zero-order valence-corrected chi connectivity index (χ0v) is 15.5. The molecule has 0 saturated carbocycles. The molecule has 2 aromatic rings. The largest absolute Gasteiger partial charge is 0.477 e. The van der Waals surface area contributed by atoms with Crippen molar-refractivity contribution in [3.05, 3.63) is 40.3 Å². The number of carboxylic acids is 1. The lowest BCUT2D eigenvalue weighted by Crippen LogP contribution is -2.36. The molecule has 3 heterocycles. The van der Waals surface area contributed by atoms with E-state index < -0.39 is 16.0 Å². The van der Waals surface area contributed by atoms with Gasteiger partial charge in [-0.2, -0.15) is 0 Å². The van der Waals surface area contributed by atoms with Gasteiger partial charge < -0.3 is 9.67 Å². The van der Waals surface area contributed by atoms with Crippen molar-refractivity contribution in [1.82, 2.24) is 14.2 Å². The molecule has 0 aliphatic carbocycles. The van der Waals surface area contributed by atoms with E-state index in [1.54, 1.807) is 11.3 Å². The number of sulfonamides is 1. The molecular formula is C16H21N3O4S2. The number of nitrogens with zero attached hydrogens (tertiary/aromatic N) is 2. The molecule has 9 heteroatoms. The van der Waals surface area contributed by atoms with Gasteiger partial charge in [0, 0.05) is 24.7 Å². The third-order valence-electron chi connectivity index (χ3n) is 4.43. The van der Waals surface area contributed by atoms with E-state index in [1.165, 1.54) is 23.9 Å². The molecule has 0 radical (unpaired) electrons. The molecule has 1 aliphatic rings. The zero-order valence-electron chi connectivity index (χ0n) is 13.9. The lowest BCUT2D eigenvalue weighted by molar-refractivity contribution is 0.0686. The first-order valence-corrected chi connectivity index (χ1v) is 10.4. The second kappa shape index (κ2) is 7.28.